The number of rotatable bonds is 6. The van der Waals surface area contributed by atoms with E-state index in [2.05, 4.69) is 26.1 Å². The molecule has 6 nitrogen and oxygen atoms in total. The summed E-state index contributed by atoms with van der Waals surface area (Å²) in [5, 5.41) is 14.1. The fourth-order valence-corrected chi connectivity index (χ4v) is 4.17. The van der Waals surface area contributed by atoms with E-state index in [1.165, 1.54) is 24.6 Å². The first-order chi connectivity index (χ1) is 15.9. The fourth-order valence-electron chi connectivity index (χ4n) is 3.50. The number of aromatic nitrogens is 2. The summed E-state index contributed by atoms with van der Waals surface area (Å²) in [6.45, 7) is 1.94. The van der Waals surface area contributed by atoms with Gasteiger partial charge in [0, 0.05) is 35.6 Å². The second kappa shape index (κ2) is 9.53. The van der Waals surface area contributed by atoms with Gasteiger partial charge in [0.25, 0.3) is 0 Å². The van der Waals surface area contributed by atoms with E-state index in [-0.39, 0.29) is 17.0 Å². The van der Waals surface area contributed by atoms with Crippen LogP contribution in [-0.4, -0.2) is 20.4 Å². The summed E-state index contributed by atoms with van der Waals surface area (Å²) in [5.41, 5.74) is 4.66. The molecule has 0 radical (unpaired) electrons. The zero-order chi connectivity index (χ0) is 23.5. The third-order valence-corrected chi connectivity index (χ3v) is 5.95. The van der Waals surface area contributed by atoms with Gasteiger partial charge in [0.05, 0.1) is 22.5 Å². The summed E-state index contributed by atoms with van der Waals surface area (Å²) in [6, 6.07) is 15.7. The quantitative estimate of drug-likeness (QED) is 0.339. The second-order valence-corrected chi connectivity index (χ2v) is 8.90. The highest BCUT2D eigenvalue weighted by Crippen LogP contribution is 2.34. The minimum atomic E-state index is -1.30. The molecule has 2 aromatic carbocycles. The van der Waals surface area contributed by atoms with Gasteiger partial charge in [-0.1, -0.05) is 29.8 Å². The van der Waals surface area contributed by atoms with Crippen LogP contribution in [0.2, 0.25) is 5.15 Å². The molecule has 0 aliphatic rings. The minimum Gasteiger partial charge on any atom is -0.377 e. The molecule has 2 heterocycles. The second-order valence-electron chi connectivity index (χ2n) is 7.43. The summed E-state index contributed by atoms with van der Waals surface area (Å²) in [7, 11) is -1.30. The maximum Gasteiger partial charge on any atom is 0.153 e. The van der Waals surface area contributed by atoms with Crippen LogP contribution in [0.1, 0.15) is 24.1 Å². The van der Waals surface area contributed by atoms with Crippen LogP contribution in [0, 0.1) is 17.1 Å². The van der Waals surface area contributed by atoms with E-state index in [4.69, 9.17) is 11.6 Å². The Kier molecular flexibility index (Phi) is 6.54. The van der Waals surface area contributed by atoms with E-state index in [1.807, 2.05) is 25.1 Å². The molecular formula is C24H19ClFN5OS. The lowest BCUT2D eigenvalue weighted by molar-refractivity contribution is 0.626. The Morgan fingerprint density at radius 2 is 1.85 bits per heavy atom. The van der Waals surface area contributed by atoms with Crippen molar-refractivity contribution in [1.82, 2.24) is 9.97 Å². The van der Waals surface area contributed by atoms with Crippen LogP contribution in [0.25, 0.3) is 22.0 Å². The standard InChI is InChI=1S/C24H19ClFN5OS/c1-14(15-3-6-19(26)7-4-15)30-23-18(11-27)13-28-21-8-5-16(9-20(21)23)17-10-22(31-33(2)32)24(25)29-12-17/h3-10,12-14,31H,1-2H3,(H,28,30). The largest absolute Gasteiger partial charge is 0.377 e. The number of anilines is 2. The SMILES string of the molecule is CC(Nc1c(C#N)cnc2ccc(-c3cnc(Cl)c(NS(C)=O)c3)cc12)c1ccc(F)cc1. The summed E-state index contributed by atoms with van der Waals surface area (Å²) >= 11 is 6.13. The van der Waals surface area contributed by atoms with Gasteiger partial charge in [-0.25, -0.2) is 13.6 Å². The Labute approximate surface area is 198 Å². The lowest BCUT2D eigenvalue weighted by atomic mass is 10.0. The van der Waals surface area contributed by atoms with E-state index in [9.17, 15) is 13.9 Å². The molecule has 0 spiro atoms. The summed E-state index contributed by atoms with van der Waals surface area (Å²) in [4.78, 5) is 8.60. The predicted octanol–water partition coefficient (Wildman–Crippen LogP) is 5.84. The first-order valence-electron chi connectivity index (χ1n) is 9.96. The number of benzene rings is 2. The topological polar surface area (TPSA) is 90.7 Å². The Hall–Kier alpha value is -3.54. The molecule has 4 aromatic rings. The molecule has 9 heteroatoms. The first-order valence-corrected chi connectivity index (χ1v) is 11.9. The molecule has 2 atom stereocenters. The van der Waals surface area contributed by atoms with Crippen molar-refractivity contribution in [1.29, 1.82) is 5.26 Å². The van der Waals surface area contributed by atoms with Gasteiger partial charge in [0.2, 0.25) is 0 Å². The molecule has 2 aromatic heterocycles. The van der Waals surface area contributed by atoms with E-state index in [0.717, 1.165) is 22.1 Å². The van der Waals surface area contributed by atoms with Gasteiger partial charge in [-0.3, -0.25) is 4.98 Å². The van der Waals surface area contributed by atoms with Crippen molar-refractivity contribution < 1.29 is 8.60 Å². The molecule has 2 unspecified atom stereocenters. The normalized spacial score (nSPS) is 12.7. The van der Waals surface area contributed by atoms with Crippen molar-refractivity contribution in [2.24, 2.45) is 0 Å². The predicted molar refractivity (Wildman–Crippen MR) is 131 cm³/mol. The molecule has 0 aliphatic heterocycles. The highest BCUT2D eigenvalue weighted by atomic mass is 35.5. The molecule has 2 N–H and O–H groups in total. The Bertz CT molecular complexity index is 1400. The maximum atomic E-state index is 13.3. The van der Waals surface area contributed by atoms with Crippen LogP contribution in [0.15, 0.2) is 60.9 Å². The molecule has 0 fully saturated rings. The maximum absolute atomic E-state index is 13.3. The molecular weight excluding hydrogens is 461 g/mol. The van der Waals surface area contributed by atoms with Gasteiger partial charge in [-0.2, -0.15) is 5.26 Å². The first kappa shape index (κ1) is 22.6. The van der Waals surface area contributed by atoms with E-state index >= 15 is 0 Å². The number of nitriles is 1. The van der Waals surface area contributed by atoms with Crippen LogP contribution >= 0.6 is 11.6 Å². The van der Waals surface area contributed by atoms with Gasteiger partial charge in [0.15, 0.2) is 5.15 Å². The van der Waals surface area contributed by atoms with Crippen LogP contribution in [0.5, 0.6) is 0 Å². The third kappa shape index (κ3) is 4.95. The van der Waals surface area contributed by atoms with Crippen molar-refractivity contribution in [3.8, 4) is 17.2 Å². The van der Waals surface area contributed by atoms with E-state index in [0.29, 0.717) is 22.5 Å². The van der Waals surface area contributed by atoms with Gasteiger partial charge in [0.1, 0.15) is 22.9 Å². The van der Waals surface area contributed by atoms with Crippen LogP contribution < -0.4 is 10.0 Å². The molecule has 0 bridgehead atoms. The fraction of sp³-hybridized carbons (Fsp3) is 0.125. The van der Waals surface area contributed by atoms with Crippen molar-refractivity contribution in [3.63, 3.8) is 0 Å². The van der Waals surface area contributed by atoms with Crippen LogP contribution in [0.4, 0.5) is 15.8 Å². The number of nitrogens with one attached hydrogen (secondary N) is 2. The molecule has 0 saturated heterocycles. The Morgan fingerprint density at radius 1 is 1.09 bits per heavy atom. The average molecular weight is 480 g/mol. The van der Waals surface area contributed by atoms with E-state index < -0.39 is 11.0 Å². The summed E-state index contributed by atoms with van der Waals surface area (Å²) in [6.07, 6.45) is 4.67. The molecule has 0 aliphatic carbocycles. The lowest BCUT2D eigenvalue weighted by Gasteiger charge is -2.19. The van der Waals surface area contributed by atoms with Crippen LogP contribution in [0.3, 0.4) is 0 Å². The zero-order valence-corrected chi connectivity index (χ0v) is 19.3. The summed E-state index contributed by atoms with van der Waals surface area (Å²) in [5.74, 6) is -0.306. The molecule has 33 heavy (non-hydrogen) atoms. The van der Waals surface area contributed by atoms with Crippen molar-refractivity contribution in [3.05, 3.63) is 83.0 Å². The zero-order valence-electron chi connectivity index (χ0n) is 17.8. The van der Waals surface area contributed by atoms with Crippen molar-refractivity contribution in [2.45, 2.75) is 13.0 Å². The van der Waals surface area contributed by atoms with Gasteiger partial charge < -0.3 is 10.0 Å². The number of nitrogens with zero attached hydrogens (tertiary/aromatic N) is 3. The van der Waals surface area contributed by atoms with Gasteiger partial charge in [-0.15, -0.1) is 0 Å². The third-order valence-electron chi connectivity index (χ3n) is 5.15. The highest BCUT2D eigenvalue weighted by Gasteiger charge is 2.15. The molecule has 0 saturated carbocycles. The molecule has 4 rings (SSSR count). The number of fused-ring (bicyclic) bond motifs is 1. The van der Waals surface area contributed by atoms with Gasteiger partial charge >= 0.3 is 0 Å². The minimum absolute atomic E-state index is 0.181. The molecule has 166 valence electrons. The average Bonchev–Trinajstić information content (AvgIpc) is 2.80. The summed E-state index contributed by atoms with van der Waals surface area (Å²) < 4.78 is 27.7. The lowest BCUT2D eigenvalue weighted by Crippen LogP contribution is -2.09. The Morgan fingerprint density at radius 3 is 2.55 bits per heavy atom. The smallest absolute Gasteiger partial charge is 0.153 e. The molecule has 0 amide bonds. The number of pyridine rings is 2. The van der Waals surface area contributed by atoms with Crippen molar-refractivity contribution in [2.75, 3.05) is 16.3 Å². The number of hydrogen-bond acceptors (Lipinski definition) is 5. The van der Waals surface area contributed by atoms with Crippen molar-refractivity contribution >= 4 is 44.9 Å². The highest BCUT2D eigenvalue weighted by molar-refractivity contribution is 7.85. The van der Waals surface area contributed by atoms with Gasteiger partial charge in [-0.05, 0) is 48.4 Å². The van der Waals surface area contributed by atoms with Crippen LogP contribution in [-0.2, 0) is 11.0 Å². The monoisotopic (exact) mass is 479 g/mol. The number of hydrogen-bond donors (Lipinski definition) is 2. The van der Waals surface area contributed by atoms with E-state index in [1.54, 1.807) is 24.4 Å². The Balaban J connectivity index is 1.79. The number of halogens is 2.